The number of hydrogen-bond acceptors (Lipinski definition) is 3. The van der Waals surface area contributed by atoms with Crippen LogP contribution in [0, 0.1) is 0 Å². The second kappa shape index (κ2) is 13.1. The number of benzene rings is 8. The summed E-state index contributed by atoms with van der Waals surface area (Å²) in [6.07, 6.45) is 2.29. The van der Waals surface area contributed by atoms with E-state index in [0.717, 1.165) is 22.8 Å². The number of rotatable bonds is 5. The van der Waals surface area contributed by atoms with Gasteiger partial charge in [0.2, 0.25) is 0 Å². The summed E-state index contributed by atoms with van der Waals surface area (Å²) in [7, 11) is 0. The van der Waals surface area contributed by atoms with E-state index in [1.165, 1.54) is 66.8 Å². The van der Waals surface area contributed by atoms with Gasteiger partial charge in [-0.1, -0.05) is 176 Å². The molecule has 3 aliphatic rings. The van der Waals surface area contributed by atoms with E-state index in [9.17, 15) is 0 Å². The SMILES string of the molecule is C1=C(c2cccc(-c3ccc(-c4ccc5c(c4)C4(c6ccccc6Oc6ccccc64)c4ccccc4-5)cc3)c2)NC(c2ccccc2)NC1c1ccccc1. The van der Waals surface area contributed by atoms with Gasteiger partial charge in [0.15, 0.2) is 0 Å². The predicted molar refractivity (Wildman–Crippen MR) is 227 cm³/mol. The molecule has 2 aliphatic heterocycles. The molecule has 0 bridgehead atoms. The predicted octanol–water partition coefficient (Wildman–Crippen LogP) is 12.5. The third-order valence-electron chi connectivity index (χ3n) is 11.8. The van der Waals surface area contributed by atoms with E-state index in [1.54, 1.807) is 0 Å². The molecule has 3 nitrogen and oxygen atoms in total. The van der Waals surface area contributed by atoms with Gasteiger partial charge < -0.3 is 10.1 Å². The van der Waals surface area contributed by atoms with Gasteiger partial charge in [-0.15, -0.1) is 0 Å². The zero-order valence-corrected chi connectivity index (χ0v) is 30.7. The minimum Gasteiger partial charge on any atom is -0.457 e. The summed E-state index contributed by atoms with van der Waals surface area (Å²) in [6.45, 7) is 0. The van der Waals surface area contributed by atoms with Gasteiger partial charge in [-0.3, -0.25) is 5.32 Å². The summed E-state index contributed by atoms with van der Waals surface area (Å²) >= 11 is 0. The molecule has 0 fully saturated rings. The molecule has 2 unspecified atom stereocenters. The maximum absolute atomic E-state index is 6.55. The number of hydrogen-bond donors (Lipinski definition) is 2. The van der Waals surface area contributed by atoms with Crippen LogP contribution >= 0.6 is 0 Å². The van der Waals surface area contributed by atoms with Crippen molar-refractivity contribution < 1.29 is 4.74 Å². The number of nitrogens with one attached hydrogen (secondary N) is 2. The Morgan fingerprint density at radius 3 is 1.62 bits per heavy atom. The monoisotopic (exact) mass is 718 g/mol. The van der Waals surface area contributed by atoms with Crippen LogP contribution in [0.2, 0.25) is 0 Å². The van der Waals surface area contributed by atoms with Crippen LogP contribution in [0.25, 0.3) is 39.1 Å². The maximum Gasteiger partial charge on any atom is 0.132 e. The molecule has 1 aliphatic carbocycles. The highest BCUT2D eigenvalue weighted by Crippen LogP contribution is 2.62. The Morgan fingerprint density at radius 2 is 0.929 bits per heavy atom. The third-order valence-corrected chi connectivity index (χ3v) is 11.8. The lowest BCUT2D eigenvalue weighted by Gasteiger charge is -2.39. The van der Waals surface area contributed by atoms with Crippen LogP contribution in [0.5, 0.6) is 11.5 Å². The molecule has 2 heterocycles. The van der Waals surface area contributed by atoms with Crippen LogP contribution < -0.4 is 15.4 Å². The van der Waals surface area contributed by atoms with Gasteiger partial charge in [0, 0.05) is 16.8 Å². The van der Waals surface area contributed by atoms with E-state index in [0.29, 0.717) is 0 Å². The van der Waals surface area contributed by atoms with E-state index in [4.69, 9.17) is 4.74 Å². The Kier molecular flexibility index (Phi) is 7.61. The molecule has 0 amide bonds. The van der Waals surface area contributed by atoms with Crippen molar-refractivity contribution in [2.24, 2.45) is 0 Å². The fourth-order valence-electron chi connectivity index (χ4n) is 9.25. The Hall–Kier alpha value is -6.94. The molecule has 11 rings (SSSR count). The van der Waals surface area contributed by atoms with Gasteiger partial charge in [0.05, 0.1) is 11.5 Å². The van der Waals surface area contributed by atoms with Gasteiger partial charge in [0.1, 0.15) is 17.7 Å². The average Bonchev–Trinajstić information content (AvgIpc) is 3.57. The van der Waals surface area contributed by atoms with Crippen LogP contribution in [0.4, 0.5) is 0 Å². The summed E-state index contributed by atoms with van der Waals surface area (Å²) in [5.41, 5.74) is 16.5. The Bertz CT molecular complexity index is 2740. The quantitative estimate of drug-likeness (QED) is 0.186. The first kappa shape index (κ1) is 32.5. The van der Waals surface area contributed by atoms with E-state index in [2.05, 4.69) is 217 Å². The lowest BCUT2D eigenvalue weighted by molar-refractivity contribution is 0.436. The molecule has 0 saturated carbocycles. The standard InChI is InChI=1S/C53H38N2O/c1-3-14-37(15-4-1)48-34-49(55-52(54-48)38-16-5-2-6-17-38)41-19-13-18-39(32-41)35-26-28-36(29-27-35)40-30-31-43-42-20-7-8-21-44(42)53(47(43)33-40)45-22-9-11-24-50(45)56-51-25-12-10-23-46(51)53/h1-34,48,52,54-55H. The minimum absolute atomic E-state index is 0.0216. The summed E-state index contributed by atoms with van der Waals surface area (Å²) in [5, 5.41) is 7.61. The highest BCUT2D eigenvalue weighted by molar-refractivity contribution is 5.90. The normalized spacial score (nSPS) is 17.0. The van der Waals surface area contributed by atoms with Crippen LogP contribution in [0.3, 0.4) is 0 Å². The molecule has 0 radical (unpaired) electrons. The third kappa shape index (κ3) is 5.16. The van der Waals surface area contributed by atoms with Crippen LogP contribution in [-0.2, 0) is 5.41 Å². The van der Waals surface area contributed by atoms with Crippen molar-refractivity contribution in [1.82, 2.24) is 10.6 Å². The molecule has 1 spiro atoms. The van der Waals surface area contributed by atoms with Gasteiger partial charge in [-0.2, -0.15) is 0 Å². The van der Waals surface area contributed by atoms with E-state index < -0.39 is 5.41 Å². The Balaban J connectivity index is 0.962. The van der Waals surface area contributed by atoms with Crippen molar-refractivity contribution in [3.8, 4) is 44.9 Å². The van der Waals surface area contributed by atoms with Crippen LogP contribution in [0.15, 0.2) is 206 Å². The highest BCUT2D eigenvalue weighted by Gasteiger charge is 2.51. The smallest absolute Gasteiger partial charge is 0.132 e. The van der Waals surface area contributed by atoms with Crippen molar-refractivity contribution in [2.45, 2.75) is 17.6 Å². The average molecular weight is 719 g/mol. The fourth-order valence-corrected chi connectivity index (χ4v) is 9.25. The molecule has 56 heavy (non-hydrogen) atoms. The van der Waals surface area contributed by atoms with E-state index in [1.807, 2.05) is 0 Å². The highest BCUT2D eigenvalue weighted by atomic mass is 16.5. The molecule has 8 aromatic carbocycles. The number of ether oxygens (including phenoxy) is 1. The van der Waals surface area contributed by atoms with Crippen molar-refractivity contribution >= 4 is 5.70 Å². The second-order valence-electron chi connectivity index (χ2n) is 14.9. The number of para-hydroxylation sites is 2. The van der Waals surface area contributed by atoms with Crippen molar-refractivity contribution in [3.05, 3.63) is 245 Å². The molecule has 3 heteroatoms. The molecular weight excluding hydrogens is 681 g/mol. The summed E-state index contributed by atoms with van der Waals surface area (Å²) < 4.78 is 6.55. The van der Waals surface area contributed by atoms with E-state index in [-0.39, 0.29) is 12.2 Å². The zero-order valence-electron chi connectivity index (χ0n) is 30.7. The van der Waals surface area contributed by atoms with Gasteiger partial charge in [0.25, 0.3) is 0 Å². The van der Waals surface area contributed by atoms with Crippen LogP contribution in [-0.4, -0.2) is 0 Å². The van der Waals surface area contributed by atoms with Crippen molar-refractivity contribution in [2.75, 3.05) is 0 Å². The summed E-state index contributed by atoms with van der Waals surface area (Å²) in [4.78, 5) is 0. The largest absolute Gasteiger partial charge is 0.457 e. The topological polar surface area (TPSA) is 33.3 Å². The molecule has 0 saturated heterocycles. The first-order valence-electron chi connectivity index (χ1n) is 19.4. The lowest BCUT2D eigenvalue weighted by Crippen LogP contribution is -2.39. The van der Waals surface area contributed by atoms with Gasteiger partial charge in [-0.05, 0) is 91.5 Å². The first-order chi connectivity index (χ1) is 27.7. The summed E-state index contributed by atoms with van der Waals surface area (Å²) in [6, 6.07) is 72.3. The zero-order chi connectivity index (χ0) is 37.1. The summed E-state index contributed by atoms with van der Waals surface area (Å²) in [5.74, 6) is 1.82. The number of fused-ring (bicyclic) bond motifs is 9. The van der Waals surface area contributed by atoms with Crippen LogP contribution in [0.1, 0.15) is 51.2 Å². The maximum atomic E-state index is 6.55. The Morgan fingerprint density at radius 1 is 0.393 bits per heavy atom. The first-order valence-corrected chi connectivity index (χ1v) is 19.4. The Labute approximate surface area is 327 Å². The van der Waals surface area contributed by atoms with Crippen molar-refractivity contribution in [1.29, 1.82) is 0 Å². The fraction of sp³-hybridized carbons (Fsp3) is 0.0566. The van der Waals surface area contributed by atoms with Gasteiger partial charge >= 0.3 is 0 Å². The molecule has 266 valence electrons. The van der Waals surface area contributed by atoms with Gasteiger partial charge in [-0.25, -0.2) is 0 Å². The molecule has 2 atom stereocenters. The molecule has 8 aromatic rings. The van der Waals surface area contributed by atoms with Crippen molar-refractivity contribution in [3.63, 3.8) is 0 Å². The minimum atomic E-state index is -0.482. The van der Waals surface area contributed by atoms with E-state index >= 15 is 0 Å². The molecule has 0 aromatic heterocycles. The second-order valence-corrected chi connectivity index (χ2v) is 14.9. The lowest BCUT2D eigenvalue weighted by atomic mass is 9.66. The molecular formula is C53H38N2O. The molecule has 2 N–H and O–H groups in total.